The molecule has 2 heteroatoms. The molecule has 0 radical (unpaired) electrons. The molecule has 0 saturated carbocycles. The van der Waals surface area contributed by atoms with Gasteiger partial charge in [0.2, 0.25) is 0 Å². The van der Waals surface area contributed by atoms with Gasteiger partial charge in [-0.2, -0.15) is 0 Å². The normalized spacial score (nSPS) is 11.1. The van der Waals surface area contributed by atoms with Crippen molar-refractivity contribution in [3.8, 4) is 11.5 Å². The van der Waals surface area contributed by atoms with Crippen LogP contribution in [0.4, 0.5) is 0 Å². The van der Waals surface area contributed by atoms with Crippen molar-refractivity contribution in [1.82, 2.24) is 0 Å². The summed E-state index contributed by atoms with van der Waals surface area (Å²) < 4.78 is 5.71. The molecule has 0 saturated heterocycles. The van der Waals surface area contributed by atoms with Crippen LogP contribution < -0.4 is 4.74 Å². The second-order valence-electron chi connectivity index (χ2n) is 4.35. The van der Waals surface area contributed by atoms with Crippen molar-refractivity contribution in [2.45, 2.75) is 13.3 Å². The first-order valence-electron chi connectivity index (χ1n) is 6.22. The van der Waals surface area contributed by atoms with E-state index < -0.39 is 0 Å². The number of ether oxygens (including phenoxy) is 1. The molecule has 0 N–H and O–H groups in total. The van der Waals surface area contributed by atoms with E-state index >= 15 is 0 Å². The van der Waals surface area contributed by atoms with Crippen LogP contribution in [0.1, 0.15) is 18.9 Å². The van der Waals surface area contributed by atoms with Crippen molar-refractivity contribution >= 4 is 12.4 Å². The van der Waals surface area contributed by atoms with E-state index in [-0.39, 0.29) is 0 Å². The molecule has 0 aliphatic rings. The predicted molar refractivity (Wildman–Crippen MR) is 77.3 cm³/mol. The van der Waals surface area contributed by atoms with E-state index in [0.29, 0.717) is 6.42 Å². The predicted octanol–water partition coefficient (Wildman–Crippen LogP) is 4.47. The Morgan fingerprint density at radius 2 is 1.63 bits per heavy atom. The molecule has 19 heavy (non-hydrogen) atoms. The topological polar surface area (TPSA) is 26.3 Å². The molecule has 0 aliphatic carbocycles. The summed E-state index contributed by atoms with van der Waals surface area (Å²) in [7, 11) is 0. The molecule has 0 unspecified atom stereocenters. The van der Waals surface area contributed by atoms with E-state index in [9.17, 15) is 4.79 Å². The summed E-state index contributed by atoms with van der Waals surface area (Å²) in [6.07, 6.45) is 3.39. The van der Waals surface area contributed by atoms with Crippen LogP contribution in [0.5, 0.6) is 11.5 Å². The molecule has 96 valence electrons. The molecule has 2 nitrogen and oxygen atoms in total. The second-order valence-corrected chi connectivity index (χ2v) is 4.35. The maximum Gasteiger partial charge on any atom is 0.127 e. The highest BCUT2D eigenvalue weighted by molar-refractivity contribution is 5.61. The summed E-state index contributed by atoms with van der Waals surface area (Å²) in [6.45, 7) is 1.95. The van der Waals surface area contributed by atoms with Gasteiger partial charge < -0.3 is 9.53 Å². The van der Waals surface area contributed by atoms with Gasteiger partial charge in [-0.05, 0) is 36.8 Å². The molecular formula is C17H16O2. The van der Waals surface area contributed by atoms with Crippen LogP contribution in [-0.2, 0) is 4.79 Å². The highest BCUT2D eigenvalue weighted by Crippen LogP contribution is 2.21. The maximum absolute atomic E-state index is 10.4. The van der Waals surface area contributed by atoms with Gasteiger partial charge in [-0.25, -0.2) is 0 Å². The summed E-state index contributed by atoms with van der Waals surface area (Å²) in [4.78, 5) is 10.4. The van der Waals surface area contributed by atoms with Crippen molar-refractivity contribution in [3.63, 3.8) is 0 Å². The number of hydrogen-bond acceptors (Lipinski definition) is 2. The van der Waals surface area contributed by atoms with Gasteiger partial charge in [-0.15, -0.1) is 0 Å². The fraction of sp³-hybridized carbons (Fsp3) is 0.118. The van der Waals surface area contributed by atoms with Crippen LogP contribution in [0.15, 0.2) is 60.2 Å². The molecule has 0 heterocycles. The number of allylic oxidation sites excluding steroid dienone is 1. The molecular weight excluding hydrogens is 236 g/mol. The zero-order valence-electron chi connectivity index (χ0n) is 10.9. The van der Waals surface area contributed by atoms with Crippen LogP contribution in [-0.4, -0.2) is 6.29 Å². The number of benzene rings is 2. The van der Waals surface area contributed by atoms with Crippen LogP contribution in [0.2, 0.25) is 0 Å². The summed E-state index contributed by atoms with van der Waals surface area (Å²) in [5.41, 5.74) is 2.12. The molecule has 0 aromatic heterocycles. The van der Waals surface area contributed by atoms with Crippen LogP contribution in [0, 0.1) is 0 Å². The van der Waals surface area contributed by atoms with Crippen LogP contribution >= 0.6 is 0 Å². The highest BCUT2D eigenvalue weighted by Gasteiger charge is 1.96. The maximum atomic E-state index is 10.4. The van der Waals surface area contributed by atoms with Crippen molar-refractivity contribution in [2.24, 2.45) is 0 Å². The van der Waals surface area contributed by atoms with E-state index in [0.717, 1.165) is 28.9 Å². The van der Waals surface area contributed by atoms with E-state index in [1.165, 1.54) is 0 Å². The average molecular weight is 252 g/mol. The zero-order valence-corrected chi connectivity index (χ0v) is 10.9. The monoisotopic (exact) mass is 252 g/mol. The number of rotatable bonds is 5. The Morgan fingerprint density at radius 1 is 1.00 bits per heavy atom. The van der Waals surface area contributed by atoms with Gasteiger partial charge >= 0.3 is 0 Å². The minimum atomic E-state index is 0.474. The lowest BCUT2D eigenvalue weighted by atomic mass is 10.1. The van der Waals surface area contributed by atoms with Gasteiger partial charge in [0.25, 0.3) is 0 Å². The fourth-order valence-electron chi connectivity index (χ4n) is 1.73. The largest absolute Gasteiger partial charge is 0.457 e. The number of hydrogen-bond donors (Lipinski definition) is 0. The Labute approximate surface area is 113 Å². The molecule has 0 spiro atoms. The summed E-state index contributed by atoms with van der Waals surface area (Å²) >= 11 is 0. The standard InChI is InChI=1S/C17H16O2/c1-14(11-12-18)13-15-7-9-17(10-8-15)19-16-5-3-2-4-6-16/h2-10,12-13H,11H2,1H3. The first-order valence-corrected chi connectivity index (χ1v) is 6.22. The number of carbonyl (C=O) groups excluding carboxylic acids is 1. The molecule has 0 aliphatic heterocycles. The van der Waals surface area contributed by atoms with E-state index in [4.69, 9.17) is 4.74 Å². The zero-order chi connectivity index (χ0) is 13.5. The fourth-order valence-corrected chi connectivity index (χ4v) is 1.73. The van der Waals surface area contributed by atoms with Gasteiger partial charge in [0, 0.05) is 6.42 Å². The van der Waals surface area contributed by atoms with Crippen LogP contribution in [0.25, 0.3) is 6.08 Å². The van der Waals surface area contributed by atoms with Crippen LogP contribution in [0.3, 0.4) is 0 Å². The smallest absolute Gasteiger partial charge is 0.127 e. The Kier molecular flexibility index (Phi) is 4.51. The van der Waals surface area contributed by atoms with Gasteiger partial charge in [-0.3, -0.25) is 0 Å². The van der Waals surface area contributed by atoms with Gasteiger partial charge in [0.1, 0.15) is 17.8 Å². The average Bonchev–Trinajstić information content (AvgIpc) is 2.42. The van der Waals surface area contributed by atoms with Gasteiger partial charge in [0.15, 0.2) is 0 Å². The molecule has 0 amide bonds. The molecule has 2 aromatic carbocycles. The SMILES string of the molecule is CC(=Cc1ccc(Oc2ccccc2)cc1)CC=O. The molecule has 2 rings (SSSR count). The summed E-state index contributed by atoms with van der Waals surface area (Å²) in [5, 5.41) is 0. The molecule has 2 aromatic rings. The first-order chi connectivity index (χ1) is 9.28. The Morgan fingerprint density at radius 3 is 2.26 bits per heavy atom. The van der Waals surface area contributed by atoms with E-state index in [1.807, 2.05) is 67.6 Å². The number of carbonyl (C=O) groups is 1. The minimum absolute atomic E-state index is 0.474. The first kappa shape index (κ1) is 13.1. The molecule has 0 atom stereocenters. The highest BCUT2D eigenvalue weighted by atomic mass is 16.5. The third-order valence-electron chi connectivity index (χ3n) is 2.68. The Hall–Kier alpha value is -2.35. The Balaban J connectivity index is 2.06. The van der Waals surface area contributed by atoms with E-state index in [1.54, 1.807) is 0 Å². The molecule has 0 bridgehead atoms. The Bertz CT molecular complexity index is 554. The van der Waals surface area contributed by atoms with Crippen molar-refractivity contribution < 1.29 is 9.53 Å². The van der Waals surface area contributed by atoms with Crippen molar-refractivity contribution in [1.29, 1.82) is 0 Å². The number of aldehydes is 1. The van der Waals surface area contributed by atoms with Gasteiger partial charge in [0.05, 0.1) is 0 Å². The number of para-hydroxylation sites is 1. The summed E-state index contributed by atoms with van der Waals surface area (Å²) in [5.74, 6) is 1.62. The molecule has 0 fully saturated rings. The van der Waals surface area contributed by atoms with E-state index in [2.05, 4.69) is 0 Å². The van der Waals surface area contributed by atoms with Gasteiger partial charge in [-0.1, -0.05) is 42.0 Å². The second kappa shape index (κ2) is 6.55. The lowest BCUT2D eigenvalue weighted by Crippen LogP contribution is -1.84. The third-order valence-corrected chi connectivity index (χ3v) is 2.68. The van der Waals surface area contributed by atoms with Crippen molar-refractivity contribution in [2.75, 3.05) is 0 Å². The van der Waals surface area contributed by atoms with Crippen molar-refractivity contribution in [3.05, 3.63) is 65.7 Å². The summed E-state index contributed by atoms with van der Waals surface area (Å²) in [6, 6.07) is 17.5. The lowest BCUT2D eigenvalue weighted by molar-refractivity contribution is -0.107. The lowest BCUT2D eigenvalue weighted by Gasteiger charge is -2.05. The minimum Gasteiger partial charge on any atom is -0.457 e. The quantitative estimate of drug-likeness (QED) is 0.734. The third kappa shape index (κ3) is 4.11.